The van der Waals surface area contributed by atoms with Gasteiger partial charge in [0.2, 0.25) is 0 Å². The van der Waals surface area contributed by atoms with Gasteiger partial charge in [0, 0.05) is 6.54 Å². The van der Waals surface area contributed by atoms with Crippen molar-refractivity contribution in [3.05, 3.63) is 101 Å². The Morgan fingerprint density at radius 1 is 0.680 bits per heavy atom. The van der Waals surface area contributed by atoms with Crippen LogP contribution in [0.1, 0.15) is 22.3 Å². The van der Waals surface area contributed by atoms with Crippen LogP contribution in [-0.4, -0.2) is 0 Å². The molecule has 0 unspecified atom stereocenters. The van der Waals surface area contributed by atoms with Crippen LogP contribution < -0.4 is 10.2 Å². The molecule has 0 heterocycles. The van der Waals surface area contributed by atoms with Crippen LogP contribution in [0.5, 0.6) is 5.75 Å². The van der Waals surface area contributed by atoms with E-state index in [0.717, 1.165) is 16.9 Å². The Kier molecular flexibility index (Phi) is 6.21. The Balaban J connectivity index is 1.40. The molecule has 25 heavy (non-hydrogen) atoms. The van der Waals surface area contributed by atoms with Crippen LogP contribution in [0.4, 0.5) is 0 Å². The first-order valence-electron chi connectivity index (χ1n) is 8.45. The summed E-state index contributed by atoms with van der Waals surface area (Å²) in [6.07, 6.45) is 0. The fraction of sp³-hybridized carbons (Fsp3) is 0.182. The van der Waals surface area contributed by atoms with Crippen LogP contribution in [-0.2, 0) is 24.6 Å². The molecule has 128 valence electrons. The third-order valence-electron chi connectivity index (χ3n) is 3.91. The molecule has 3 aromatic rings. The maximum Gasteiger partial charge on any atom is 0.119 e. The molecule has 3 heteroatoms. The molecule has 0 bridgehead atoms. The predicted molar refractivity (Wildman–Crippen MR) is 100 cm³/mol. The maximum atomic E-state index is 5.82. The second-order valence-corrected chi connectivity index (χ2v) is 6.01. The highest BCUT2D eigenvalue weighted by molar-refractivity contribution is 5.28. The lowest BCUT2D eigenvalue weighted by molar-refractivity contribution is 0.0235. The van der Waals surface area contributed by atoms with Crippen molar-refractivity contribution < 1.29 is 9.57 Å². The molecular formula is C22H23NO2. The first-order chi connectivity index (χ1) is 12.3. The van der Waals surface area contributed by atoms with E-state index in [1.807, 2.05) is 54.6 Å². The Bertz CT molecular complexity index is 752. The van der Waals surface area contributed by atoms with Gasteiger partial charge in [0.05, 0.1) is 6.61 Å². The minimum Gasteiger partial charge on any atom is -0.489 e. The van der Waals surface area contributed by atoms with Crippen molar-refractivity contribution in [2.75, 3.05) is 0 Å². The van der Waals surface area contributed by atoms with E-state index in [1.165, 1.54) is 11.1 Å². The summed E-state index contributed by atoms with van der Waals surface area (Å²) in [4.78, 5) is 5.49. The quantitative estimate of drug-likeness (QED) is 0.475. The smallest absolute Gasteiger partial charge is 0.119 e. The third-order valence-corrected chi connectivity index (χ3v) is 3.91. The minimum atomic E-state index is 0.554. The molecule has 0 saturated heterocycles. The topological polar surface area (TPSA) is 30.5 Å². The Morgan fingerprint density at radius 2 is 1.32 bits per heavy atom. The maximum absolute atomic E-state index is 5.82. The molecule has 0 spiro atoms. The zero-order chi connectivity index (χ0) is 17.3. The molecule has 0 aliphatic heterocycles. The largest absolute Gasteiger partial charge is 0.489 e. The van der Waals surface area contributed by atoms with Gasteiger partial charge in [-0.1, -0.05) is 72.3 Å². The average molecular weight is 333 g/mol. The zero-order valence-corrected chi connectivity index (χ0v) is 14.4. The number of nitrogens with one attached hydrogen (secondary N) is 1. The van der Waals surface area contributed by atoms with Gasteiger partial charge in [0.25, 0.3) is 0 Å². The number of benzene rings is 3. The van der Waals surface area contributed by atoms with Gasteiger partial charge in [-0.3, -0.25) is 4.84 Å². The van der Waals surface area contributed by atoms with Crippen LogP contribution in [0.2, 0.25) is 0 Å². The number of ether oxygens (including phenoxy) is 1. The third kappa shape index (κ3) is 5.75. The summed E-state index contributed by atoms with van der Waals surface area (Å²) >= 11 is 0. The SMILES string of the molecule is Cc1ccc(COc2ccc(CNOCc3ccccc3)cc2)cc1. The number of hydrogen-bond acceptors (Lipinski definition) is 3. The summed E-state index contributed by atoms with van der Waals surface area (Å²) in [5, 5.41) is 0. The van der Waals surface area contributed by atoms with Crippen LogP contribution in [0.15, 0.2) is 78.9 Å². The van der Waals surface area contributed by atoms with Gasteiger partial charge in [-0.15, -0.1) is 0 Å². The van der Waals surface area contributed by atoms with Crippen molar-refractivity contribution in [3.8, 4) is 5.75 Å². The molecular weight excluding hydrogens is 310 g/mol. The zero-order valence-electron chi connectivity index (χ0n) is 14.4. The molecule has 3 nitrogen and oxygen atoms in total. The van der Waals surface area contributed by atoms with Crippen LogP contribution in [0.25, 0.3) is 0 Å². The van der Waals surface area contributed by atoms with Gasteiger partial charge in [0.15, 0.2) is 0 Å². The lowest BCUT2D eigenvalue weighted by atomic mass is 10.2. The molecule has 0 atom stereocenters. The summed E-state index contributed by atoms with van der Waals surface area (Å²) in [6, 6.07) is 26.6. The average Bonchev–Trinajstić information content (AvgIpc) is 2.67. The fourth-order valence-electron chi connectivity index (χ4n) is 2.40. The summed E-state index contributed by atoms with van der Waals surface area (Å²) in [6.45, 7) is 3.88. The van der Waals surface area contributed by atoms with Gasteiger partial charge in [0.1, 0.15) is 12.4 Å². The number of aryl methyl sites for hydroxylation is 1. The van der Waals surface area contributed by atoms with Gasteiger partial charge >= 0.3 is 0 Å². The Labute approximate surface area is 149 Å². The normalized spacial score (nSPS) is 10.6. The van der Waals surface area contributed by atoms with Crippen LogP contribution in [0.3, 0.4) is 0 Å². The van der Waals surface area contributed by atoms with Gasteiger partial charge < -0.3 is 4.74 Å². The van der Waals surface area contributed by atoms with Crippen molar-refractivity contribution in [2.45, 2.75) is 26.7 Å². The van der Waals surface area contributed by atoms with E-state index in [4.69, 9.17) is 9.57 Å². The highest BCUT2D eigenvalue weighted by Gasteiger charge is 1.98. The van der Waals surface area contributed by atoms with Crippen molar-refractivity contribution in [2.24, 2.45) is 0 Å². The summed E-state index contributed by atoms with van der Waals surface area (Å²) < 4.78 is 5.82. The van der Waals surface area contributed by atoms with E-state index in [9.17, 15) is 0 Å². The molecule has 0 aliphatic carbocycles. The molecule has 0 amide bonds. The molecule has 1 N–H and O–H groups in total. The summed E-state index contributed by atoms with van der Waals surface area (Å²) in [5.41, 5.74) is 7.72. The van der Waals surface area contributed by atoms with Crippen molar-refractivity contribution in [3.63, 3.8) is 0 Å². The summed E-state index contributed by atoms with van der Waals surface area (Å²) in [7, 11) is 0. The number of rotatable bonds is 8. The van der Waals surface area contributed by atoms with Crippen LogP contribution in [0, 0.1) is 6.92 Å². The fourth-order valence-corrected chi connectivity index (χ4v) is 2.40. The van der Waals surface area contributed by atoms with Gasteiger partial charge in [-0.05, 0) is 35.7 Å². The number of hydrogen-bond donors (Lipinski definition) is 1. The van der Waals surface area contributed by atoms with E-state index in [-0.39, 0.29) is 0 Å². The van der Waals surface area contributed by atoms with E-state index in [1.54, 1.807) is 0 Å². The summed E-state index contributed by atoms with van der Waals surface area (Å²) in [5.74, 6) is 0.870. The minimum absolute atomic E-state index is 0.554. The van der Waals surface area contributed by atoms with Crippen molar-refractivity contribution >= 4 is 0 Å². The highest BCUT2D eigenvalue weighted by Crippen LogP contribution is 2.14. The first kappa shape index (κ1) is 17.2. The van der Waals surface area contributed by atoms with Gasteiger partial charge in [-0.25, -0.2) is 0 Å². The first-order valence-corrected chi connectivity index (χ1v) is 8.45. The standard InChI is InChI=1S/C22H23NO2/c1-18-7-9-21(10-8-18)16-24-22-13-11-19(12-14-22)15-23-25-17-20-5-3-2-4-6-20/h2-14,23H,15-17H2,1H3. The van der Waals surface area contributed by atoms with Crippen molar-refractivity contribution in [1.29, 1.82) is 0 Å². The number of hydroxylamine groups is 1. The Morgan fingerprint density at radius 3 is 2.04 bits per heavy atom. The molecule has 0 aliphatic rings. The molecule has 0 aromatic heterocycles. The monoisotopic (exact) mass is 333 g/mol. The van der Waals surface area contributed by atoms with E-state index < -0.39 is 0 Å². The molecule has 0 saturated carbocycles. The lowest BCUT2D eigenvalue weighted by Gasteiger charge is -2.09. The second-order valence-electron chi connectivity index (χ2n) is 6.01. The Hall–Kier alpha value is -2.62. The predicted octanol–water partition coefficient (Wildman–Crippen LogP) is 4.80. The molecule has 3 aromatic carbocycles. The lowest BCUT2D eigenvalue weighted by Crippen LogP contribution is -2.13. The molecule has 0 fully saturated rings. The molecule has 3 rings (SSSR count). The van der Waals surface area contributed by atoms with Crippen molar-refractivity contribution in [1.82, 2.24) is 5.48 Å². The highest BCUT2D eigenvalue weighted by atomic mass is 16.6. The van der Waals surface area contributed by atoms with Crippen LogP contribution >= 0.6 is 0 Å². The van der Waals surface area contributed by atoms with E-state index in [2.05, 4.69) is 36.7 Å². The van der Waals surface area contributed by atoms with E-state index >= 15 is 0 Å². The van der Waals surface area contributed by atoms with E-state index in [0.29, 0.717) is 19.8 Å². The second kappa shape index (κ2) is 9.02. The van der Waals surface area contributed by atoms with Gasteiger partial charge in [-0.2, -0.15) is 5.48 Å². The molecule has 0 radical (unpaired) electrons.